The third-order valence-electron chi connectivity index (χ3n) is 3.50. The maximum absolute atomic E-state index is 10.7. The highest BCUT2D eigenvalue weighted by atomic mass is 79.9. The lowest BCUT2D eigenvalue weighted by atomic mass is 9.91. The molecular formula is C16H20BrClN2O. The average molecular weight is 372 g/mol. The quantitative estimate of drug-likeness (QED) is 0.857. The van der Waals surface area contributed by atoms with Gasteiger partial charge in [-0.25, -0.2) is 0 Å². The lowest BCUT2D eigenvalue weighted by molar-refractivity contribution is 0.0585. The number of nitrogens with zero attached hydrogens (tertiary/aromatic N) is 2. The molecular weight excluding hydrogens is 352 g/mol. The van der Waals surface area contributed by atoms with Crippen LogP contribution in [0.1, 0.15) is 30.8 Å². The second kappa shape index (κ2) is 6.51. The first-order valence-electron chi connectivity index (χ1n) is 7.01. The van der Waals surface area contributed by atoms with Crippen LogP contribution in [-0.2, 0) is 19.4 Å². The van der Waals surface area contributed by atoms with E-state index in [1.165, 1.54) is 0 Å². The predicted molar refractivity (Wildman–Crippen MR) is 89.8 cm³/mol. The van der Waals surface area contributed by atoms with Gasteiger partial charge < -0.3 is 5.11 Å². The molecule has 1 aromatic carbocycles. The minimum absolute atomic E-state index is 0.547. The van der Waals surface area contributed by atoms with Gasteiger partial charge in [0.05, 0.1) is 21.5 Å². The molecule has 0 saturated heterocycles. The van der Waals surface area contributed by atoms with Crippen LogP contribution < -0.4 is 0 Å². The Morgan fingerprint density at radius 1 is 1.29 bits per heavy atom. The van der Waals surface area contributed by atoms with Gasteiger partial charge in [0.2, 0.25) is 0 Å². The van der Waals surface area contributed by atoms with Crippen LogP contribution in [0.4, 0.5) is 0 Å². The normalized spacial score (nSPS) is 14.2. The Hall–Kier alpha value is -0.840. The van der Waals surface area contributed by atoms with Crippen LogP contribution in [0.25, 0.3) is 0 Å². The molecule has 0 spiro atoms. The number of hydrogen-bond donors (Lipinski definition) is 1. The van der Waals surface area contributed by atoms with Crippen molar-refractivity contribution in [3.05, 3.63) is 50.7 Å². The van der Waals surface area contributed by atoms with Gasteiger partial charge in [0.25, 0.3) is 0 Å². The summed E-state index contributed by atoms with van der Waals surface area (Å²) in [5.41, 5.74) is 2.22. The summed E-state index contributed by atoms with van der Waals surface area (Å²) in [6, 6.07) is 7.61. The summed E-state index contributed by atoms with van der Waals surface area (Å²) in [7, 11) is 0. The molecule has 5 heteroatoms. The minimum atomic E-state index is -0.838. The molecule has 1 aromatic heterocycles. The number of aliphatic hydroxyl groups is 1. The largest absolute Gasteiger partial charge is 0.389 e. The van der Waals surface area contributed by atoms with E-state index in [1.807, 2.05) is 42.8 Å². The van der Waals surface area contributed by atoms with Gasteiger partial charge in [-0.15, -0.1) is 0 Å². The van der Waals surface area contributed by atoms with Crippen molar-refractivity contribution in [2.45, 2.75) is 45.8 Å². The Morgan fingerprint density at radius 3 is 2.48 bits per heavy atom. The van der Waals surface area contributed by atoms with Crippen molar-refractivity contribution in [1.82, 2.24) is 9.78 Å². The molecule has 2 aromatic rings. The van der Waals surface area contributed by atoms with Gasteiger partial charge in [-0.1, -0.05) is 23.7 Å². The summed E-state index contributed by atoms with van der Waals surface area (Å²) in [6.45, 7) is 6.67. The van der Waals surface area contributed by atoms with Gasteiger partial charge in [0.15, 0.2) is 0 Å². The molecule has 1 atom stereocenters. The van der Waals surface area contributed by atoms with Gasteiger partial charge in [-0.2, -0.15) is 5.10 Å². The Morgan fingerprint density at radius 2 is 1.90 bits per heavy atom. The third-order valence-corrected chi connectivity index (χ3v) is 4.78. The molecule has 0 amide bonds. The molecule has 1 heterocycles. The van der Waals surface area contributed by atoms with Crippen LogP contribution in [0.3, 0.4) is 0 Å². The summed E-state index contributed by atoms with van der Waals surface area (Å²) in [4.78, 5) is 0. The topological polar surface area (TPSA) is 38.0 Å². The minimum Gasteiger partial charge on any atom is -0.389 e. The highest BCUT2D eigenvalue weighted by molar-refractivity contribution is 9.10. The zero-order valence-corrected chi connectivity index (χ0v) is 14.9. The van der Waals surface area contributed by atoms with E-state index < -0.39 is 5.60 Å². The maximum atomic E-state index is 10.7. The summed E-state index contributed by atoms with van der Waals surface area (Å²) in [5, 5.41) is 15.9. The first-order chi connectivity index (χ1) is 9.82. The Labute approximate surface area is 139 Å². The van der Waals surface area contributed by atoms with Crippen LogP contribution >= 0.6 is 27.5 Å². The molecule has 1 N–H and O–H groups in total. The van der Waals surface area contributed by atoms with Crippen molar-refractivity contribution in [2.24, 2.45) is 0 Å². The fourth-order valence-electron chi connectivity index (χ4n) is 2.50. The van der Waals surface area contributed by atoms with Gasteiger partial charge in [0, 0.05) is 24.4 Å². The molecule has 0 bridgehead atoms. The summed E-state index contributed by atoms with van der Waals surface area (Å²) < 4.78 is 2.93. The van der Waals surface area contributed by atoms with Crippen LogP contribution in [0, 0.1) is 6.92 Å². The zero-order chi connectivity index (χ0) is 15.6. The van der Waals surface area contributed by atoms with E-state index in [1.54, 1.807) is 0 Å². The Kier molecular flexibility index (Phi) is 5.12. The van der Waals surface area contributed by atoms with E-state index in [9.17, 15) is 5.11 Å². The third kappa shape index (κ3) is 4.09. The lowest BCUT2D eigenvalue weighted by Crippen LogP contribution is -2.31. The smallest absolute Gasteiger partial charge is 0.0738 e. The number of aryl methyl sites for hydroxylation is 2. The van der Waals surface area contributed by atoms with Gasteiger partial charge >= 0.3 is 0 Å². The first kappa shape index (κ1) is 16.5. The molecule has 0 fully saturated rings. The Bertz CT molecular complexity index is 620. The highest BCUT2D eigenvalue weighted by Crippen LogP contribution is 2.27. The molecule has 0 aliphatic heterocycles. The number of aromatic nitrogens is 2. The van der Waals surface area contributed by atoms with E-state index in [0.717, 1.165) is 28.0 Å². The van der Waals surface area contributed by atoms with Crippen LogP contribution in [0.2, 0.25) is 5.02 Å². The van der Waals surface area contributed by atoms with Crippen LogP contribution in [0.5, 0.6) is 0 Å². The molecule has 0 aliphatic rings. The second-order valence-electron chi connectivity index (χ2n) is 5.64. The molecule has 21 heavy (non-hydrogen) atoms. The number of benzene rings is 1. The first-order valence-corrected chi connectivity index (χ1v) is 8.18. The molecule has 1 unspecified atom stereocenters. The number of rotatable bonds is 5. The van der Waals surface area contributed by atoms with Crippen molar-refractivity contribution < 1.29 is 5.11 Å². The van der Waals surface area contributed by atoms with Gasteiger partial charge in [-0.3, -0.25) is 4.68 Å². The fourth-order valence-corrected chi connectivity index (χ4v) is 3.05. The van der Waals surface area contributed by atoms with Crippen molar-refractivity contribution in [2.75, 3.05) is 0 Å². The van der Waals surface area contributed by atoms with Crippen LogP contribution in [0.15, 0.2) is 28.7 Å². The summed E-state index contributed by atoms with van der Waals surface area (Å²) in [6.07, 6.45) is 1.12. The number of halogens is 2. The molecule has 0 saturated carbocycles. The van der Waals surface area contributed by atoms with E-state index in [2.05, 4.69) is 28.0 Å². The van der Waals surface area contributed by atoms with Crippen molar-refractivity contribution in [3.63, 3.8) is 0 Å². The van der Waals surface area contributed by atoms with E-state index in [4.69, 9.17) is 11.6 Å². The van der Waals surface area contributed by atoms with E-state index in [0.29, 0.717) is 17.9 Å². The average Bonchev–Trinajstić information content (AvgIpc) is 2.68. The molecule has 0 aliphatic carbocycles. The molecule has 114 valence electrons. The zero-order valence-electron chi connectivity index (χ0n) is 12.5. The van der Waals surface area contributed by atoms with Crippen molar-refractivity contribution in [3.8, 4) is 0 Å². The Balaban J connectivity index is 2.19. The summed E-state index contributed by atoms with van der Waals surface area (Å²) in [5.74, 6) is 0. The summed E-state index contributed by atoms with van der Waals surface area (Å²) >= 11 is 9.47. The predicted octanol–water partition coefficient (Wildman–Crippen LogP) is 4.16. The standard InChI is InChI=1S/C16H20BrClN2O/c1-4-20-14(15(17)11(2)19-20)10-16(3,21)9-12-5-7-13(18)8-6-12/h5-8,21H,4,9-10H2,1-3H3. The van der Waals surface area contributed by atoms with E-state index in [-0.39, 0.29) is 0 Å². The monoisotopic (exact) mass is 370 g/mol. The lowest BCUT2D eigenvalue weighted by Gasteiger charge is -2.24. The maximum Gasteiger partial charge on any atom is 0.0738 e. The molecule has 0 radical (unpaired) electrons. The van der Waals surface area contributed by atoms with Crippen LogP contribution in [-0.4, -0.2) is 20.5 Å². The highest BCUT2D eigenvalue weighted by Gasteiger charge is 2.26. The molecule has 2 rings (SSSR count). The van der Waals surface area contributed by atoms with Crippen molar-refractivity contribution >= 4 is 27.5 Å². The fraction of sp³-hybridized carbons (Fsp3) is 0.438. The van der Waals surface area contributed by atoms with Gasteiger partial charge in [-0.05, 0) is 54.4 Å². The SMILES string of the molecule is CCn1nc(C)c(Br)c1CC(C)(O)Cc1ccc(Cl)cc1. The van der Waals surface area contributed by atoms with Gasteiger partial charge in [0.1, 0.15) is 0 Å². The molecule has 3 nitrogen and oxygen atoms in total. The van der Waals surface area contributed by atoms with Crippen molar-refractivity contribution in [1.29, 1.82) is 0 Å². The second-order valence-corrected chi connectivity index (χ2v) is 6.87. The number of hydrogen-bond acceptors (Lipinski definition) is 2. The van der Waals surface area contributed by atoms with E-state index >= 15 is 0 Å².